The minimum absolute atomic E-state index is 0.0347. The molecule has 2 amide bonds. The van der Waals surface area contributed by atoms with E-state index in [0.29, 0.717) is 0 Å². The van der Waals surface area contributed by atoms with Gasteiger partial charge in [-0.1, -0.05) is 36.9 Å². The molecule has 0 saturated heterocycles. The van der Waals surface area contributed by atoms with E-state index in [-0.39, 0.29) is 16.8 Å². The fourth-order valence-corrected chi connectivity index (χ4v) is 2.41. The predicted molar refractivity (Wildman–Crippen MR) is 70.4 cm³/mol. The quantitative estimate of drug-likeness (QED) is 0.840. The van der Waals surface area contributed by atoms with E-state index in [4.69, 9.17) is 11.6 Å². The number of hydrogen-bond acceptors (Lipinski definition) is 1. The van der Waals surface area contributed by atoms with Gasteiger partial charge in [-0.15, -0.1) is 0 Å². The number of urea groups is 1. The standard InChI is InChI=1S/C13H16ClFN2O/c14-10-7-4-8-11(15)12(10)17-13(18)16-9-5-2-1-3-6-9/h4,7-9H,1-3,5-6H2,(H2,16,17,18). The molecule has 0 unspecified atom stereocenters. The number of halogens is 2. The molecule has 18 heavy (non-hydrogen) atoms. The molecule has 0 heterocycles. The van der Waals surface area contributed by atoms with Crippen molar-refractivity contribution in [1.82, 2.24) is 5.32 Å². The van der Waals surface area contributed by atoms with Gasteiger partial charge in [-0.25, -0.2) is 9.18 Å². The first kappa shape index (κ1) is 13.1. The zero-order valence-electron chi connectivity index (χ0n) is 10.0. The van der Waals surface area contributed by atoms with Crippen LogP contribution in [-0.4, -0.2) is 12.1 Å². The maximum absolute atomic E-state index is 13.5. The molecule has 5 heteroatoms. The van der Waals surface area contributed by atoms with Crippen LogP contribution in [0, 0.1) is 5.82 Å². The number of benzene rings is 1. The number of para-hydroxylation sites is 1. The summed E-state index contributed by atoms with van der Waals surface area (Å²) in [6.45, 7) is 0. The number of rotatable bonds is 2. The van der Waals surface area contributed by atoms with Gasteiger partial charge in [0.2, 0.25) is 0 Å². The monoisotopic (exact) mass is 270 g/mol. The Balaban J connectivity index is 1.94. The summed E-state index contributed by atoms with van der Waals surface area (Å²) in [7, 11) is 0. The molecule has 2 rings (SSSR count). The van der Waals surface area contributed by atoms with Crippen molar-refractivity contribution in [1.29, 1.82) is 0 Å². The number of carbonyl (C=O) groups is 1. The Hall–Kier alpha value is -1.29. The molecule has 1 aliphatic carbocycles. The molecular formula is C13H16ClFN2O. The van der Waals surface area contributed by atoms with Crippen molar-refractivity contribution in [3.05, 3.63) is 29.0 Å². The van der Waals surface area contributed by atoms with Crippen molar-refractivity contribution in [2.24, 2.45) is 0 Å². The Morgan fingerprint density at radius 2 is 2.00 bits per heavy atom. The lowest BCUT2D eigenvalue weighted by molar-refractivity contribution is 0.244. The van der Waals surface area contributed by atoms with Gasteiger partial charge in [0.1, 0.15) is 5.82 Å². The minimum atomic E-state index is -0.527. The number of amides is 2. The number of hydrogen-bond donors (Lipinski definition) is 2. The van der Waals surface area contributed by atoms with Crippen molar-refractivity contribution < 1.29 is 9.18 Å². The fourth-order valence-electron chi connectivity index (χ4n) is 2.20. The molecule has 1 saturated carbocycles. The van der Waals surface area contributed by atoms with Crippen molar-refractivity contribution >= 4 is 23.3 Å². The number of anilines is 1. The summed E-state index contributed by atoms with van der Waals surface area (Å²) < 4.78 is 13.5. The van der Waals surface area contributed by atoms with Gasteiger partial charge in [-0.3, -0.25) is 0 Å². The lowest BCUT2D eigenvalue weighted by atomic mass is 9.96. The van der Waals surface area contributed by atoms with Crippen LogP contribution >= 0.6 is 11.6 Å². The molecule has 0 aromatic heterocycles. The zero-order valence-corrected chi connectivity index (χ0v) is 10.8. The molecule has 0 atom stereocenters. The van der Waals surface area contributed by atoms with Gasteiger partial charge in [-0.05, 0) is 25.0 Å². The summed E-state index contributed by atoms with van der Waals surface area (Å²) in [5.74, 6) is -0.527. The van der Waals surface area contributed by atoms with Gasteiger partial charge in [0.25, 0.3) is 0 Å². The van der Waals surface area contributed by atoms with Crippen LogP contribution < -0.4 is 10.6 Å². The molecule has 1 aliphatic rings. The number of nitrogens with one attached hydrogen (secondary N) is 2. The Bertz CT molecular complexity index is 413. The van der Waals surface area contributed by atoms with Crippen LogP contribution in [0.25, 0.3) is 0 Å². The topological polar surface area (TPSA) is 41.1 Å². The van der Waals surface area contributed by atoms with E-state index < -0.39 is 11.8 Å². The third-order valence-corrected chi connectivity index (χ3v) is 3.46. The second-order valence-electron chi connectivity index (χ2n) is 4.53. The van der Waals surface area contributed by atoms with Gasteiger partial charge >= 0.3 is 6.03 Å². The maximum atomic E-state index is 13.5. The third kappa shape index (κ3) is 3.35. The smallest absolute Gasteiger partial charge is 0.319 e. The summed E-state index contributed by atoms with van der Waals surface area (Å²) in [5.41, 5.74) is 0.0347. The van der Waals surface area contributed by atoms with Gasteiger partial charge < -0.3 is 10.6 Å². The summed E-state index contributed by atoms with van der Waals surface area (Å²) in [4.78, 5) is 11.7. The predicted octanol–water partition coefficient (Wildman–Crippen LogP) is 3.93. The molecule has 2 N–H and O–H groups in total. The first-order chi connectivity index (χ1) is 8.66. The summed E-state index contributed by atoms with van der Waals surface area (Å²) >= 11 is 5.83. The van der Waals surface area contributed by atoms with E-state index >= 15 is 0 Å². The van der Waals surface area contributed by atoms with Crippen LogP contribution in [0.5, 0.6) is 0 Å². The molecule has 1 aromatic rings. The first-order valence-corrected chi connectivity index (χ1v) is 6.56. The van der Waals surface area contributed by atoms with Gasteiger partial charge in [-0.2, -0.15) is 0 Å². The average molecular weight is 271 g/mol. The van der Waals surface area contributed by atoms with Gasteiger partial charge in [0.05, 0.1) is 10.7 Å². The summed E-state index contributed by atoms with van der Waals surface area (Å²) in [6, 6.07) is 4.10. The van der Waals surface area contributed by atoms with E-state index in [1.807, 2.05) is 0 Å². The lowest BCUT2D eigenvalue weighted by Crippen LogP contribution is -2.39. The highest BCUT2D eigenvalue weighted by Gasteiger charge is 2.17. The Morgan fingerprint density at radius 3 is 2.67 bits per heavy atom. The van der Waals surface area contributed by atoms with E-state index in [2.05, 4.69) is 10.6 Å². The third-order valence-electron chi connectivity index (χ3n) is 3.14. The van der Waals surface area contributed by atoms with E-state index in [1.54, 1.807) is 6.07 Å². The molecule has 0 aliphatic heterocycles. The zero-order chi connectivity index (χ0) is 13.0. The second-order valence-corrected chi connectivity index (χ2v) is 4.94. The highest BCUT2D eigenvalue weighted by Crippen LogP contribution is 2.24. The molecule has 0 bridgehead atoms. The molecular weight excluding hydrogens is 255 g/mol. The summed E-state index contributed by atoms with van der Waals surface area (Å²) in [5, 5.41) is 5.52. The SMILES string of the molecule is O=C(Nc1c(F)cccc1Cl)NC1CCCCC1. The molecule has 1 aromatic carbocycles. The van der Waals surface area contributed by atoms with Crippen molar-refractivity contribution in [2.45, 2.75) is 38.1 Å². The molecule has 98 valence electrons. The minimum Gasteiger partial charge on any atom is -0.335 e. The van der Waals surface area contributed by atoms with Crippen LogP contribution in [0.1, 0.15) is 32.1 Å². The van der Waals surface area contributed by atoms with Crippen LogP contribution in [0.15, 0.2) is 18.2 Å². The molecule has 0 radical (unpaired) electrons. The lowest BCUT2D eigenvalue weighted by Gasteiger charge is -2.23. The van der Waals surface area contributed by atoms with Gasteiger partial charge in [0, 0.05) is 6.04 Å². The normalized spacial score (nSPS) is 16.3. The van der Waals surface area contributed by atoms with Crippen LogP contribution in [0.4, 0.5) is 14.9 Å². The summed E-state index contributed by atoms with van der Waals surface area (Å²) in [6.07, 6.45) is 5.45. The highest BCUT2D eigenvalue weighted by atomic mass is 35.5. The van der Waals surface area contributed by atoms with Crippen molar-refractivity contribution in [2.75, 3.05) is 5.32 Å². The average Bonchev–Trinajstić information content (AvgIpc) is 2.35. The molecule has 3 nitrogen and oxygen atoms in total. The highest BCUT2D eigenvalue weighted by molar-refractivity contribution is 6.33. The molecule has 1 fully saturated rings. The second kappa shape index (κ2) is 6.05. The van der Waals surface area contributed by atoms with E-state index in [9.17, 15) is 9.18 Å². The van der Waals surface area contributed by atoms with Crippen molar-refractivity contribution in [3.63, 3.8) is 0 Å². The van der Waals surface area contributed by atoms with E-state index in [1.165, 1.54) is 18.6 Å². The largest absolute Gasteiger partial charge is 0.335 e. The van der Waals surface area contributed by atoms with Crippen LogP contribution in [0.3, 0.4) is 0 Å². The first-order valence-electron chi connectivity index (χ1n) is 6.18. The molecule has 0 spiro atoms. The fraction of sp³-hybridized carbons (Fsp3) is 0.462. The maximum Gasteiger partial charge on any atom is 0.319 e. The Kier molecular flexibility index (Phi) is 4.42. The van der Waals surface area contributed by atoms with Crippen LogP contribution in [0.2, 0.25) is 5.02 Å². The van der Waals surface area contributed by atoms with Crippen LogP contribution in [-0.2, 0) is 0 Å². The number of carbonyl (C=O) groups excluding carboxylic acids is 1. The Labute approximate surface area is 111 Å². The van der Waals surface area contributed by atoms with Gasteiger partial charge in [0.15, 0.2) is 0 Å². The Morgan fingerprint density at radius 1 is 1.28 bits per heavy atom. The van der Waals surface area contributed by atoms with Crippen molar-refractivity contribution in [3.8, 4) is 0 Å². The van der Waals surface area contributed by atoms with E-state index in [0.717, 1.165) is 25.7 Å².